The van der Waals surface area contributed by atoms with Crippen LogP contribution in [-0.2, 0) is 7.05 Å². The van der Waals surface area contributed by atoms with Crippen molar-refractivity contribution in [3.05, 3.63) is 58.0 Å². The largest absolute Gasteiger partial charge is 0.497 e. The van der Waals surface area contributed by atoms with Crippen molar-refractivity contribution in [1.29, 1.82) is 0 Å². The Morgan fingerprint density at radius 2 is 1.68 bits per heavy atom. The topological polar surface area (TPSA) is 80.6 Å². The predicted molar refractivity (Wildman–Crippen MR) is 109 cm³/mol. The molecule has 1 heterocycles. The number of hydrogen-bond acceptors (Lipinski definition) is 4. The Morgan fingerprint density at radius 1 is 1.07 bits per heavy atom. The van der Waals surface area contributed by atoms with E-state index in [2.05, 4.69) is 5.32 Å². The summed E-state index contributed by atoms with van der Waals surface area (Å²) < 4.78 is 6.39. The number of amides is 2. The maximum absolute atomic E-state index is 12.9. The number of aryl methyl sites for hydroxylation is 1. The molecule has 150 valence electrons. The van der Waals surface area contributed by atoms with Gasteiger partial charge in [0.15, 0.2) is 0 Å². The molecule has 7 nitrogen and oxygen atoms in total. The number of hydrogen-bond donors (Lipinski definition) is 1. The van der Waals surface area contributed by atoms with Gasteiger partial charge in [-0.05, 0) is 43.2 Å². The zero-order valence-corrected chi connectivity index (χ0v) is 16.8. The van der Waals surface area contributed by atoms with Crippen molar-refractivity contribution in [3.8, 4) is 5.75 Å². The third kappa shape index (κ3) is 5.00. The van der Waals surface area contributed by atoms with Crippen molar-refractivity contribution < 1.29 is 14.3 Å². The molecule has 0 radical (unpaired) electrons. The Hall–Kier alpha value is -3.09. The molecule has 0 unspecified atom stereocenters. The van der Waals surface area contributed by atoms with Gasteiger partial charge in [0.2, 0.25) is 0 Å². The summed E-state index contributed by atoms with van der Waals surface area (Å²) in [4.78, 5) is 39.5. The number of carbonyl (C=O) groups is 2. The fraction of sp³-hybridized carbons (Fsp3) is 0.381. The monoisotopic (exact) mass is 385 g/mol. The minimum absolute atomic E-state index is 0.0714. The van der Waals surface area contributed by atoms with Gasteiger partial charge in [-0.15, -0.1) is 0 Å². The molecule has 1 aromatic carbocycles. The van der Waals surface area contributed by atoms with E-state index in [9.17, 15) is 14.4 Å². The third-order valence-corrected chi connectivity index (χ3v) is 4.30. The number of methoxy groups -OCH3 is 1. The van der Waals surface area contributed by atoms with Crippen LogP contribution >= 0.6 is 0 Å². The van der Waals surface area contributed by atoms with E-state index in [1.54, 1.807) is 43.3 Å². The smallest absolute Gasteiger partial charge is 0.274 e. The van der Waals surface area contributed by atoms with Gasteiger partial charge in [0, 0.05) is 31.9 Å². The average molecular weight is 385 g/mol. The van der Waals surface area contributed by atoms with E-state index in [4.69, 9.17) is 4.74 Å². The first kappa shape index (κ1) is 21.2. The molecule has 1 N–H and O–H groups in total. The number of carbonyl (C=O) groups excluding carboxylic acids is 2. The molecule has 2 amide bonds. The van der Waals surface area contributed by atoms with Crippen molar-refractivity contribution in [2.24, 2.45) is 7.05 Å². The minimum Gasteiger partial charge on any atom is -0.497 e. The van der Waals surface area contributed by atoms with Crippen molar-refractivity contribution in [1.82, 2.24) is 9.47 Å². The van der Waals surface area contributed by atoms with E-state index in [0.29, 0.717) is 30.0 Å². The fourth-order valence-electron chi connectivity index (χ4n) is 2.89. The number of benzene rings is 1. The van der Waals surface area contributed by atoms with Crippen LogP contribution in [0.1, 0.15) is 47.4 Å². The molecule has 0 fully saturated rings. The molecule has 0 aliphatic heterocycles. The quantitative estimate of drug-likeness (QED) is 0.758. The highest BCUT2D eigenvalue weighted by atomic mass is 16.5. The molecule has 1 aromatic heterocycles. The standard InChI is InChI=1S/C21H27N3O4/c1-5-11-24(12-6-2)20(26)16-13-18(21(27)23(3)14-16)22-19(25)15-7-9-17(28-4)10-8-15/h7-10,13-14H,5-6,11-12H2,1-4H3,(H,22,25). The van der Waals surface area contributed by atoms with E-state index in [0.717, 1.165) is 12.8 Å². The molecule has 2 rings (SSSR count). The first-order chi connectivity index (χ1) is 13.4. The summed E-state index contributed by atoms with van der Waals surface area (Å²) in [5.74, 6) is 0.0505. The second-order valence-electron chi connectivity index (χ2n) is 6.53. The van der Waals surface area contributed by atoms with Crippen LogP contribution in [0.3, 0.4) is 0 Å². The van der Waals surface area contributed by atoms with Crippen LogP contribution < -0.4 is 15.6 Å². The summed E-state index contributed by atoms with van der Waals surface area (Å²) in [6, 6.07) is 8.00. The summed E-state index contributed by atoms with van der Waals surface area (Å²) in [6.45, 7) is 5.31. The number of nitrogens with one attached hydrogen (secondary N) is 1. The van der Waals surface area contributed by atoms with Crippen molar-refractivity contribution in [2.75, 3.05) is 25.5 Å². The lowest BCUT2D eigenvalue weighted by molar-refractivity contribution is 0.0754. The van der Waals surface area contributed by atoms with Crippen LogP contribution in [0.4, 0.5) is 5.69 Å². The van der Waals surface area contributed by atoms with Crippen LogP contribution in [0.25, 0.3) is 0 Å². The number of anilines is 1. The van der Waals surface area contributed by atoms with Gasteiger partial charge >= 0.3 is 0 Å². The van der Waals surface area contributed by atoms with Crippen molar-refractivity contribution >= 4 is 17.5 Å². The van der Waals surface area contributed by atoms with Gasteiger partial charge in [-0.2, -0.15) is 0 Å². The Labute approximate surface area is 164 Å². The van der Waals surface area contributed by atoms with E-state index < -0.39 is 5.91 Å². The summed E-state index contributed by atoms with van der Waals surface area (Å²) >= 11 is 0. The zero-order chi connectivity index (χ0) is 20.7. The molecule has 0 saturated carbocycles. The Balaban J connectivity index is 2.30. The maximum atomic E-state index is 12.9. The third-order valence-electron chi connectivity index (χ3n) is 4.30. The van der Waals surface area contributed by atoms with Gasteiger partial charge < -0.3 is 19.5 Å². The van der Waals surface area contributed by atoms with Gasteiger partial charge in [-0.3, -0.25) is 14.4 Å². The molecule has 0 atom stereocenters. The Bertz CT molecular complexity index is 882. The molecule has 0 spiro atoms. The van der Waals surface area contributed by atoms with Crippen LogP contribution in [0.2, 0.25) is 0 Å². The van der Waals surface area contributed by atoms with Gasteiger partial charge in [-0.25, -0.2) is 0 Å². The van der Waals surface area contributed by atoms with E-state index in [1.165, 1.54) is 16.8 Å². The highest BCUT2D eigenvalue weighted by molar-refractivity contribution is 6.05. The van der Waals surface area contributed by atoms with Gasteiger partial charge in [-0.1, -0.05) is 13.8 Å². The first-order valence-electron chi connectivity index (χ1n) is 9.36. The molecule has 28 heavy (non-hydrogen) atoms. The average Bonchev–Trinajstić information content (AvgIpc) is 2.70. The number of rotatable bonds is 8. The van der Waals surface area contributed by atoms with Gasteiger partial charge in [0.25, 0.3) is 17.4 Å². The summed E-state index contributed by atoms with van der Waals surface area (Å²) in [7, 11) is 3.10. The first-order valence-corrected chi connectivity index (χ1v) is 9.36. The van der Waals surface area contributed by atoms with Crippen LogP contribution in [0.15, 0.2) is 41.3 Å². The second-order valence-corrected chi connectivity index (χ2v) is 6.53. The highest BCUT2D eigenvalue weighted by Gasteiger charge is 2.18. The number of pyridine rings is 1. The molecule has 7 heteroatoms. The lowest BCUT2D eigenvalue weighted by Crippen LogP contribution is -2.34. The fourth-order valence-corrected chi connectivity index (χ4v) is 2.89. The Morgan fingerprint density at radius 3 is 2.21 bits per heavy atom. The number of ether oxygens (including phenoxy) is 1. The number of nitrogens with zero attached hydrogens (tertiary/aromatic N) is 2. The molecule has 2 aromatic rings. The predicted octanol–water partition coefficient (Wildman–Crippen LogP) is 2.91. The lowest BCUT2D eigenvalue weighted by atomic mass is 10.2. The summed E-state index contributed by atoms with van der Waals surface area (Å²) in [5, 5.41) is 2.62. The SMILES string of the molecule is CCCN(CCC)C(=O)c1cc(NC(=O)c2ccc(OC)cc2)c(=O)n(C)c1. The number of aromatic nitrogens is 1. The van der Waals surface area contributed by atoms with Gasteiger partial charge in [0.05, 0.1) is 12.7 Å². The molecule has 0 aliphatic carbocycles. The minimum atomic E-state index is -0.427. The maximum Gasteiger partial charge on any atom is 0.274 e. The summed E-state index contributed by atoms with van der Waals surface area (Å²) in [5.41, 5.74) is 0.449. The van der Waals surface area contributed by atoms with Crippen LogP contribution in [0.5, 0.6) is 5.75 Å². The molecular weight excluding hydrogens is 358 g/mol. The molecular formula is C21H27N3O4. The zero-order valence-electron chi connectivity index (χ0n) is 16.8. The van der Waals surface area contributed by atoms with Crippen molar-refractivity contribution in [3.63, 3.8) is 0 Å². The highest BCUT2D eigenvalue weighted by Crippen LogP contribution is 2.14. The van der Waals surface area contributed by atoms with Crippen LogP contribution in [-0.4, -0.2) is 41.5 Å². The van der Waals surface area contributed by atoms with Crippen LogP contribution in [0, 0.1) is 0 Å². The summed E-state index contributed by atoms with van der Waals surface area (Å²) in [6.07, 6.45) is 3.20. The second kappa shape index (κ2) is 9.73. The molecule has 0 bridgehead atoms. The van der Waals surface area contributed by atoms with E-state index in [-0.39, 0.29) is 17.2 Å². The Kier molecular flexibility index (Phi) is 7.37. The van der Waals surface area contributed by atoms with E-state index >= 15 is 0 Å². The van der Waals surface area contributed by atoms with Crippen molar-refractivity contribution in [2.45, 2.75) is 26.7 Å². The molecule has 0 saturated heterocycles. The van der Waals surface area contributed by atoms with E-state index in [1.807, 2.05) is 13.8 Å². The lowest BCUT2D eigenvalue weighted by Gasteiger charge is -2.22. The normalized spacial score (nSPS) is 10.4. The molecule has 0 aliphatic rings. The van der Waals surface area contributed by atoms with Gasteiger partial charge in [0.1, 0.15) is 11.4 Å².